The first-order valence-corrected chi connectivity index (χ1v) is 13.1. The minimum atomic E-state index is -0.926. The molecule has 0 aromatic carbocycles. The SMILES string of the molecule is CN1CCc2nc(C(=O)NC3CC(C(=O)N(C)C)CCC3NC(=O)C(=O)Nc3cnc(Cl)cn3)sc2C1. The number of halogens is 1. The molecule has 14 heteroatoms. The van der Waals surface area contributed by atoms with E-state index >= 15 is 0 Å². The minimum Gasteiger partial charge on any atom is -0.349 e. The summed E-state index contributed by atoms with van der Waals surface area (Å²) in [6.07, 6.45) is 4.51. The quantitative estimate of drug-likeness (QED) is 0.462. The van der Waals surface area contributed by atoms with E-state index in [0.717, 1.165) is 30.1 Å². The molecule has 3 N–H and O–H groups in total. The lowest BCUT2D eigenvalue weighted by molar-refractivity contribution is -0.137. The van der Waals surface area contributed by atoms with Gasteiger partial charge in [-0.2, -0.15) is 0 Å². The van der Waals surface area contributed by atoms with Gasteiger partial charge in [0.2, 0.25) is 5.91 Å². The molecule has 4 rings (SSSR count). The Morgan fingerprint density at radius 3 is 2.57 bits per heavy atom. The summed E-state index contributed by atoms with van der Waals surface area (Å²) in [7, 11) is 5.39. The summed E-state index contributed by atoms with van der Waals surface area (Å²) < 4.78 is 0. The van der Waals surface area contributed by atoms with Gasteiger partial charge in [0.1, 0.15) is 5.15 Å². The molecule has 0 bridgehead atoms. The minimum absolute atomic E-state index is 0.0455. The van der Waals surface area contributed by atoms with Crippen molar-refractivity contribution in [2.75, 3.05) is 33.0 Å². The van der Waals surface area contributed by atoms with Crippen LogP contribution in [0.2, 0.25) is 5.15 Å². The van der Waals surface area contributed by atoms with Crippen LogP contribution in [0.1, 0.15) is 39.6 Å². The van der Waals surface area contributed by atoms with Crippen molar-refractivity contribution < 1.29 is 19.2 Å². The molecule has 0 spiro atoms. The number of thiazole rings is 1. The number of amides is 4. The van der Waals surface area contributed by atoms with Crippen molar-refractivity contribution in [1.29, 1.82) is 0 Å². The van der Waals surface area contributed by atoms with Crippen LogP contribution in [-0.2, 0) is 27.3 Å². The highest BCUT2D eigenvalue weighted by Gasteiger charge is 2.37. The van der Waals surface area contributed by atoms with E-state index in [0.29, 0.717) is 24.3 Å². The van der Waals surface area contributed by atoms with E-state index in [-0.39, 0.29) is 28.7 Å². The van der Waals surface area contributed by atoms with Crippen LogP contribution >= 0.6 is 22.9 Å². The third-order valence-electron chi connectivity index (χ3n) is 6.46. The smallest absolute Gasteiger partial charge is 0.314 e. The maximum absolute atomic E-state index is 13.2. The Morgan fingerprint density at radius 2 is 1.86 bits per heavy atom. The molecule has 1 aliphatic heterocycles. The van der Waals surface area contributed by atoms with Gasteiger partial charge < -0.3 is 25.8 Å². The van der Waals surface area contributed by atoms with Crippen molar-refractivity contribution >= 4 is 52.4 Å². The first-order valence-electron chi connectivity index (χ1n) is 11.9. The van der Waals surface area contributed by atoms with Gasteiger partial charge in [0.15, 0.2) is 10.8 Å². The van der Waals surface area contributed by atoms with Crippen LogP contribution in [0.15, 0.2) is 12.4 Å². The van der Waals surface area contributed by atoms with E-state index < -0.39 is 23.9 Å². The maximum atomic E-state index is 13.2. The van der Waals surface area contributed by atoms with Gasteiger partial charge in [-0.3, -0.25) is 19.2 Å². The van der Waals surface area contributed by atoms with Crippen LogP contribution in [0.25, 0.3) is 0 Å². The standard InChI is InChI=1S/C23H29ClN8O4S/c1-31(2)23(36)12-4-5-13(27-19(33)20(34)30-18-10-25-17(24)9-26-18)15(8-12)28-21(35)22-29-14-6-7-32(3)11-16(14)37-22/h9-10,12-13,15H,4-8,11H2,1-3H3,(H,27,33)(H,28,35)(H,26,30,34). The van der Waals surface area contributed by atoms with Gasteiger partial charge in [0.05, 0.1) is 24.1 Å². The van der Waals surface area contributed by atoms with E-state index in [2.05, 4.69) is 35.8 Å². The zero-order valence-electron chi connectivity index (χ0n) is 20.8. The van der Waals surface area contributed by atoms with Crippen molar-refractivity contribution in [2.45, 2.75) is 44.3 Å². The Bertz CT molecular complexity index is 1190. The third-order valence-corrected chi connectivity index (χ3v) is 7.73. The summed E-state index contributed by atoms with van der Waals surface area (Å²) in [5.41, 5.74) is 0.935. The highest BCUT2D eigenvalue weighted by Crippen LogP contribution is 2.28. The van der Waals surface area contributed by atoms with Crippen molar-refractivity contribution in [1.82, 2.24) is 35.4 Å². The number of nitrogens with one attached hydrogen (secondary N) is 3. The average molecular weight is 549 g/mol. The van der Waals surface area contributed by atoms with Crippen LogP contribution in [0.4, 0.5) is 5.82 Å². The molecular formula is C23H29ClN8O4S. The van der Waals surface area contributed by atoms with Crippen LogP contribution in [-0.4, -0.2) is 88.2 Å². The lowest BCUT2D eigenvalue weighted by Crippen LogP contribution is -2.57. The summed E-state index contributed by atoms with van der Waals surface area (Å²) in [4.78, 5) is 67.9. The van der Waals surface area contributed by atoms with Gasteiger partial charge in [-0.05, 0) is 26.3 Å². The van der Waals surface area contributed by atoms with E-state index in [9.17, 15) is 19.2 Å². The highest BCUT2D eigenvalue weighted by molar-refractivity contribution is 7.13. The van der Waals surface area contributed by atoms with E-state index in [1.807, 2.05) is 7.05 Å². The third kappa shape index (κ3) is 6.59. The molecule has 1 aliphatic carbocycles. The van der Waals surface area contributed by atoms with E-state index in [1.54, 1.807) is 14.1 Å². The Kier molecular flexibility index (Phi) is 8.35. The Morgan fingerprint density at radius 1 is 1.08 bits per heavy atom. The van der Waals surface area contributed by atoms with Gasteiger partial charge in [-0.15, -0.1) is 11.3 Å². The van der Waals surface area contributed by atoms with Crippen molar-refractivity contribution in [3.05, 3.63) is 33.1 Å². The first-order chi connectivity index (χ1) is 17.6. The van der Waals surface area contributed by atoms with E-state index in [1.165, 1.54) is 28.6 Å². The fraction of sp³-hybridized carbons (Fsp3) is 0.522. The second-order valence-corrected chi connectivity index (χ2v) is 10.9. The van der Waals surface area contributed by atoms with Gasteiger partial charge >= 0.3 is 11.8 Å². The van der Waals surface area contributed by atoms with Crippen molar-refractivity contribution in [3.8, 4) is 0 Å². The Labute approximate surface area is 223 Å². The lowest BCUT2D eigenvalue weighted by Gasteiger charge is -2.37. The van der Waals surface area contributed by atoms with Gasteiger partial charge in [0.25, 0.3) is 5.91 Å². The number of carbonyl (C=O) groups is 4. The normalized spacial score (nSPS) is 21.5. The summed E-state index contributed by atoms with van der Waals surface area (Å²) in [6, 6.07) is -1.11. The van der Waals surface area contributed by atoms with E-state index in [4.69, 9.17) is 11.6 Å². The van der Waals surface area contributed by atoms with Crippen molar-refractivity contribution in [3.63, 3.8) is 0 Å². The molecule has 198 valence electrons. The molecule has 1 fully saturated rings. The number of hydrogen-bond donors (Lipinski definition) is 3. The predicted molar refractivity (Wildman–Crippen MR) is 137 cm³/mol. The number of aromatic nitrogens is 3. The Hall–Kier alpha value is -3.16. The van der Waals surface area contributed by atoms with Crippen LogP contribution in [0.3, 0.4) is 0 Å². The summed E-state index contributed by atoms with van der Waals surface area (Å²) in [5.74, 6) is -2.45. The average Bonchev–Trinajstić information content (AvgIpc) is 3.29. The largest absolute Gasteiger partial charge is 0.349 e. The van der Waals surface area contributed by atoms with Crippen LogP contribution < -0.4 is 16.0 Å². The fourth-order valence-electron chi connectivity index (χ4n) is 4.53. The number of hydrogen-bond acceptors (Lipinski definition) is 9. The number of fused-ring (bicyclic) bond motifs is 1. The highest BCUT2D eigenvalue weighted by atomic mass is 35.5. The molecule has 2 aromatic heterocycles. The zero-order chi connectivity index (χ0) is 26.7. The molecule has 3 unspecified atom stereocenters. The number of likely N-dealkylation sites (N-methyl/N-ethyl adjacent to an activating group) is 1. The number of anilines is 1. The Balaban J connectivity index is 1.45. The topological polar surface area (TPSA) is 150 Å². The lowest BCUT2D eigenvalue weighted by atomic mass is 9.81. The summed E-state index contributed by atoms with van der Waals surface area (Å²) in [6.45, 7) is 1.63. The molecule has 2 aromatic rings. The summed E-state index contributed by atoms with van der Waals surface area (Å²) >= 11 is 7.05. The predicted octanol–water partition coefficient (Wildman–Crippen LogP) is 0.685. The number of nitrogens with zero attached hydrogens (tertiary/aromatic N) is 5. The summed E-state index contributed by atoms with van der Waals surface area (Å²) in [5, 5.41) is 8.56. The maximum Gasteiger partial charge on any atom is 0.314 e. The zero-order valence-corrected chi connectivity index (χ0v) is 22.4. The molecule has 12 nitrogen and oxygen atoms in total. The van der Waals surface area contributed by atoms with Crippen LogP contribution in [0, 0.1) is 5.92 Å². The van der Waals surface area contributed by atoms with Crippen molar-refractivity contribution in [2.24, 2.45) is 5.92 Å². The molecule has 4 amide bonds. The first kappa shape index (κ1) is 26.9. The van der Waals surface area contributed by atoms with Gasteiger partial charge in [-0.25, -0.2) is 15.0 Å². The molecule has 3 atom stereocenters. The molecule has 1 saturated carbocycles. The molecule has 0 saturated heterocycles. The monoisotopic (exact) mass is 548 g/mol. The second kappa shape index (κ2) is 11.5. The molecular weight excluding hydrogens is 520 g/mol. The molecule has 37 heavy (non-hydrogen) atoms. The van der Waals surface area contributed by atoms with Gasteiger partial charge in [0, 0.05) is 50.4 Å². The second-order valence-electron chi connectivity index (χ2n) is 9.46. The molecule has 0 radical (unpaired) electrons. The van der Waals surface area contributed by atoms with Gasteiger partial charge in [-0.1, -0.05) is 11.6 Å². The van der Waals surface area contributed by atoms with Crippen LogP contribution in [0.5, 0.6) is 0 Å². The fourth-order valence-corrected chi connectivity index (χ4v) is 5.72. The molecule has 2 aliphatic rings. The number of rotatable bonds is 5. The molecule has 3 heterocycles. The number of carbonyl (C=O) groups excluding carboxylic acids is 4.